The van der Waals surface area contributed by atoms with Gasteiger partial charge in [0.15, 0.2) is 0 Å². The maximum atomic E-state index is 2.47. The fourth-order valence-electron chi connectivity index (χ4n) is 5.09. The fraction of sp³-hybridized carbons (Fsp3) is 0.200. The number of hydrogen-bond acceptors (Lipinski definition) is 0. The van der Waals surface area contributed by atoms with Crippen LogP contribution in [0, 0.1) is 5.92 Å². The molecule has 5 rings (SSSR count). The second-order valence-electron chi connectivity index (χ2n) is 8.68. The van der Waals surface area contributed by atoms with E-state index in [4.69, 9.17) is 0 Å². The van der Waals surface area contributed by atoms with Crippen LogP contribution in [0.4, 0.5) is 0 Å². The van der Waals surface area contributed by atoms with E-state index in [1.807, 2.05) is 0 Å². The first-order valence-corrected chi connectivity index (χ1v) is 11.0. The lowest BCUT2D eigenvalue weighted by Crippen LogP contribution is -2.03. The van der Waals surface area contributed by atoms with E-state index in [-0.39, 0.29) is 0 Å². The third-order valence-corrected chi connectivity index (χ3v) is 6.74. The maximum Gasteiger partial charge on any atom is 0.00552 e. The van der Waals surface area contributed by atoms with E-state index in [2.05, 4.69) is 111 Å². The molecule has 0 bridgehead atoms. The molecule has 0 spiro atoms. The van der Waals surface area contributed by atoms with E-state index in [9.17, 15) is 0 Å². The van der Waals surface area contributed by atoms with Crippen LogP contribution in [-0.4, -0.2) is 0 Å². The van der Waals surface area contributed by atoms with Crippen LogP contribution in [0.5, 0.6) is 0 Å². The van der Waals surface area contributed by atoms with Crippen LogP contribution in [0.15, 0.2) is 102 Å². The number of benzene rings is 3. The molecule has 2 atom stereocenters. The van der Waals surface area contributed by atoms with E-state index < -0.39 is 0 Å². The largest absolute Gasteiger partial charge is 0.0695 e. The van der Waals surface area contributed by atoms with Crippen molar-refractivity contribution >= 4 is 11.6 Å². The molecular formula is C30H28. The molecule has 0 aromatic heterocycles. The van der Waals surface area contributed by atoms with Crippen LogP contribution in [-0.2, 0) is 0 Å². The van der Waals surface area contributed by atoms with Gasteiger partial charge in [0.05, 0.1) is 0 Å². The third-order valence-electron chi connectivity index (χ3n) is 6.74. The topological polar surface area (TPSA) is 0 Å². The summed E-state index contributed by atoms with van der Waals surface area (Å²) < 4.78 is 0. The van der Waals surface area contributed by atoms with E-state index in [1.165, 1.54) is 57.4 Å². The fourth-order valence-corrected chi connectivity index (χ4v) is 5.09. The summed E-state index contributed by atoms with van der Waals surface area (Å²) in [5.41, 5.74) is 11.3. The highest BCUT2D eigenvalue weighted by atomic mass is 14.3. The average Bonchev–Trinajstić information content (AvgIpc) is 3.32. The molecule has 2 aliphatic carbocycles. The van der Waals surface area contributed by atoms with Crippen molar-refractivity contribution in [2.45, 2.75) is 32.6 Å². The summed E-state index contributed by atoms with van der Waals surface area (Å²) in [6.07, 6.45) is 9.66. The molecule has 0 N–H and O–H groups in total. The Balaban J connectivity index is 1.37. The smallest absolute Gasteiger partial charge is 0.00552 e. The van der Waals surface area contributed by atoms with Gasteiger partial charge in [0.25, 0.3) is 0 Å². The summed E-state index contributed by atoms with van der Waals surface area (Å²) in [7, 11) is 0. The van der Waals surface area contributed by atoms with Crippen LogP contribution in [0.25, 0.3) is 22.8 Å². The van der Waals surface area contributed by atoms with Gasteiger partial charge in [-0.1, -0.05) is 108 Å². The summed E-state index contributed by atoms with van der Waals surface area (Å²) in [4.78, 5) is 0. The molecule has 0 radical (unpaired) electrons. The highest BCUT2D eigenvalue weighted by Crippen LogP contribution is 2.44. The Hall–Kier alpha value is -3.12. The predicted molar refractivity (Wildman–Crippen MR) is 129 cm³/mol. The Labute approximate surface area is 180 Å². The quantitative estimate of drug-likeness (QED) is 0.412. The summed E-state index contributed by atoms with van der Waals surface area (Å²) in [6, 6.07) is 28.4. The second kappa shape index (κ2) is 7.95. The highest BCUT2D eigenvalue weighted by molar-refractivity contribution is 5.82. The summed E-state index contributed by atoms with van der Waals surface area (Å²) in [5, 5.41) is 0. The van der Waals surface area contributed by atoms with Gasteiger partial charge in [0.1, 0.15) is 0 Å². The van der Waals surface area contributed by atoms with Gasteiger partial charge in [-0.05, 0) is 66.0 Å². The van der Waals surface area contributed by atoms with Gasteiger partial charge in [-0.2, -0.15) is 0 Å². The normalized spacial score (nSPS) is 19.9. The minimum atomic E-state index is 0.533. The van der Waals surface area contributed by atoms with Crippen molar-refractivity contribution in [2.24, 2.45) is 5.92 Å². The minimum Gasteiger partial charge on any atom is -0.0695 e. The monoisotopic (exact) mass is 388 g/mol. The van der Waals surface area contributed by atoms with Gasteiger partial charge in [-0.25, -0.2) is 0 Å². The second-order valence-corrected chi connectivity index (χ2v) is 8.68. The first kappa shape index (κ1) is 18.9. The lowest BCUT2D eigenvalue weighted by atomic mass is 9.86. The lowest BCUT2D eigenvalue weighted by molar-refractivity contribution is 0.591. The first-order valence-electron chi connectivity index (χ1n) is 11.0. The van der Waals surface area contributed by atoms with Crippen molar-refractivity contribution in [3.63, 3.8) is 0 Å². The van der Waals surface area contributed by atoms with Gasteiger partial charge in [-0.3, -0.25) is 0 Å². The first-order chi connectivity index (χ1) is 14.7. The summed E-state index contributed by atoms with van der Waals surface area (Å²) in [6.45, 7) is 4.60. The van der Waals surface area contributed by atoms with Gasteiger partial charge >= 0.3 is 0 Å². The van der Waals surface area contributed by atoms with Crippen molar-refractivity contribution < 1.29 is 0 Å². The Morgan fingerprint density at radius 3 is 2.07 bits per heavy atom. The van der Waals surface area contributed by atoms with Crippen LogP contribution < -0.4 is 0 Å². The highest BCUT2D eigenvalue weighted by Gasteiger charge is 2.26. The van der Waals surface area contributed by atoms with Crippen LogP contribution in [0.1, 0.15) is 49.3 Å². The van der Waals surface area contributed by atoms with Crippen molar-refractivity contribution in [3.8, 4) is 11.1 Å². The van der Waals surface area contributed by atoms with Gasteiger partial charge in [0.2, 0.25) is 0 Å². The van der Waals surface area contributed by atoms with Gasteiger partial charge in [-0.15, -0.1) is 0 Å². The molecule has 148 valence electrons. The number of fused-ring (bicyclic) bond motifs is 1. The lowest BCUT2D eigenvalue weighted by Gasteiger charge is -2.18. The molecule has 2 aliphatic rings. The van der Waals surface area contributed by atoms with Crippen molar-refractivity contribution in [3.05, 3.63) is 119 Å². The zero-order valence-electron chi connectivity index (χ0n) is 17.8. The van der Waals surface area contributed by atoms with Crippen molar-refractivity contribution in [1.82, 2.24) is 0 Å². The van der Waals surface area contributed by atoms with Crippen LogP contribution in [0.3, 0.4) is 0 Å². The number of rotatable bonds is 5. The van der Waals surface area contributed by atoms with E-state index in [0.717, 1.165) is 0 Å². The molecule has 3 aromatic rings. The van der Waals surface area contributed by atoms with Crippen molar-refractivity contribution in [1.29, 1.82) is 0 Å². The van der Waals surface area contributed by atoms with Crippen molar-refractivity contribution in [2.75, 3.05) is 0 Å². The molecule has 0 heterocycles. The number of hydrogen-bond donors (Lipinski definition) is 0. The standard InChI is InChI=1S/C30H28/c1-21-18-26(23-10-5-3-6-11-23)20-25(21)16-17-27-22(2)19-30-28(14-9-15-29(27)30)24-12-7-4-8-13-24/h3-15,18-20,25,27H,16-17H2,1-2H3. The Morgan fingerprint density at radius 1 is 0.633 bits per heavy atom. The Morgan fingerprint density at radius 2 is 1.33 bits per heavy atom. The molecule has 0 saturated heterocycles. The minimum absolute atomic E-state index is 0.533. The van der Waals surface area contributed by atoms with Crippen LogP contribution in [0.2, 0.25) is 0 Å². The molecule has 0 fully saturated rings. The van der Waals surface area contributed by atoms with E-state index in [0.29, 0.717) is 11.8 Å². The molecule has 0 saturated carbocycles. The third kappa shape index (κ3) is 3.48. The molecule has 0 aliphatic heterocycles. The summed E-state index contributed by atoms with van der Waals surface area (Å²) in [5.74, 6) is 1.08. The van der Waals surface area contributed by atoms with Gasteiger partial charge < -0.3 is 0 Å². The molecular weight excluding hydrogens is 360 g/mol. The maximum absolute atomic E-state index is 2.47. The molecule has 2 unspecified atom stereocenters. The summed E-state index contributed by atoms with van der Waals surface area (Å²) >= 11 is 0. The molecule has 3 aromatic carbocycles. The Bertz CT molecular complexity index is 1140. The SMILES string of the molecule is CC1=CC(c2ccccc2)=CC1CCC1C(C)=Cc2c(-c3ccccc3)cccc21. The van der Waals surface area contributed by atoms with Gasteiger partial charge in [0, 0.05) is 5.92 Å². The molecule has 0 heteroatoms. The van der Waals surface area contributed by atoms with Crippen LogP contribution >= 0.6 is 0 Å². The Kier molecular flexibility index (Phi) is 5.01. The number of allylic oxidation sites excluding steroid dienone is 5. The zero-order valence-corrected chi connectivity index (χ0v) is 17.8. The average molecular weight is 389 g/mol. The molecule has 0 nitrogen and oxygen atoms in total. The molecule has 0 amide bonds. The van der Waals surface area contributed by atoms with E-state index in [1.54, 1.807) is 0 Å². The molecule has 30 heavy (non-hydrogen) atoms. The van der Waals surface area contributed by atoms with E-state index >= 15 is 0 Å². The predicted octanol–water partition coefficient (Wildman–Crippen LogP) is 8.29. The zero-order chi connectivity index (χ0) is 20.5.